The molecule has 3 nitrogen and oxygen atoms in total. The summed E-state index contributed by atoms with van der Waals surface area (Å²) in [6.07, 6.45) is 7.16. The number of carbonyl (C=O) groups is 1. The molecule has 1 aliphatic carbocycles. The van der Waals surface area contributed by atoms with E-state index in [4.69, 9.17) is 4.74 Å². The highest BCUT2D eigenvalue weighted by molar-refractivity contribution is 5.77. The van der Waals surface area contributed by atoms with Gasteiger partial charge in [-0.05, 0) is 35.5 Å². The second-order valence-electron chi connectivity index (χ2n) is 6.87. The van der Waals surface area contributed by atoms with E-state index in [1.807, 2.05) is 6.07 Å². The molecule has 1 aliphatic heterocycles. The summed E-state index contributed by atoms with van der Waals surface area (Å²) in [5, 5.41) is 9.86. The van der Waals surface area contributed by atoms with Gasteiger partial charge < -0.3 is 9.84 Å². The number of aliphatic hydroxyl groups is 1. The first-order chi connectivity index (χ1) is 11.1. The topological polar surface area (TPSA) is 46.5 Å². The van der Waals surface area contributed by atoms with Crippen LogP contribution in [-0.2, 0) is 9.53 Å². The van der Waals surface area contributed by atoms with Gasteiger partial charge in [-0.15, -0.1) is 0 Å². The summed E-state index contributed by atoms with van der Waals surface area (Å²) in [4.78, 5) is 11.6. The van der Waals surface area contributed by atoms with Gasteiger partial charge in [0.25, 0.3) is 0 Å². The van der Waals surface area contributed by atoms with Crippen molar-refractivity contribution in [3.8, 4) is 0 Å². The van der Waals surface area contributed by atoms with E-state index < -0.39 is 12.2 Å². The molecule has 0 radical (unpaired) electrons. The Labute approximate surface area is 138 Å². The van der Waals surface area contributed by atoms with Crippen LogP contribution >= 0.6 is 0 Å². The first-order valence-electron chi connectivity index (χ1n) is 8.81. The van der Waals surface area contributed by atoms with Crippen LogP contribution in [-0.4, -0.2) is 23.3 Å². The van der Waals surface area contributed by atoms with Crippen molar-refractivity contribution in [2.24, 2.45) is 0 Å². The van der Waals surface area contributed by atoms with Gasteiger partial charge in [0.05, 0.1) is 12.5 Å². The van der Waals surface area contributed by atoms with Crippen molar-refractivity contribution in [3.05, 3.63) is 42.0 Å². The molecular weight excluding hydrogens is 288 g/mol. The monoisotopic (exact) mass is 314 g/mol. The lowest BCUT2D eigenvalue weighted by molar-refractivity contribution is -0.155. The molecular formula is C20H26O3. The average molecular weight is 314 g/mol. The van der Waals surface area contributed by atoms with Gasteiger partial charge in [-0.1, -0.05) is 56.5 Å². The van der Waals surface area contributed by atoms with E-state index in [0.717, 1.165) is 11.1 Å². The minimum Gasteiger partial charge on any atom is -0.457 e. The normalized spacial score (nSPS) is 26.4. The molecule has 1 saturated carbocycles. The Morgan fingerprint density at radius 1 is 1.13 bits per heavy atom. The Bertz CT molecular complexity index is 570. The zero-order valence-corrected chi connectivity index (χ0v) is 13.7. The van der Waals surface area contributed by atoms with Gasteiger partial charge in [-0.3, -0.25) is 4.79 Å². The molecule has 23 heavy (non-hydrogen) atoms. The summed E-state index contributed by atoms with van der Waals surface area (Å²) < 4.78 is 5.44. The van der Waals surface area contributed by atoms with Crippen LogP contribution in [0.3, 0.4) is 0 Å². The number of hydrogen-bond acceptors (Lipinski definition) is 3. The van der Waals surface area contributed by atoms with Crippen molar-refractivity contribution in [1.29, 1.82) is 0 Å². The van der Waals surface area contributed by atoms with Crippen molar-refractivity contribution in [2.75, 3.05) is 0 Å². The molecule has 2 unspecified atom stereocenters. The molecule has 1 aromatic carbocycles. The van der Waals surface area contributed by atoms with E-state index in [-0.39, 0.29) is 12.4 Å². The van der Waals surface area contributed by atoms with E-state index in [1.54, 1.807) is 0 Å². The third-order valence-electron chi connectivity index (χ3n) is 5.15. The van der Waals surface area contributed by atoms with Gasteiger partial charge >= 0.3 is 5.97 Å². The van der Waals surface area contributed by atoms with Gasteiger partial charge in [0.2, 0.25) is 0 Å². The Morgan fingerprint density at radius 3 is 2.52 bits per heavy atom. The lowest BCUT2D eigenvalue weighted by Crippen LogP contribution is -2.33. The summed E-state index contributed by atoms with van der Waals surface area (Å²) in [6.45, 7) is 4.21. The Kier molecular flexibility index (Phi) is 5.16. The summed E-state index contributed by atoms with van der Waals surface area (Å²) in [7, 11) is 0. The maximum atomic E-state index is 11.6. The molecule has 1 saturated heterocycles. The fourth-order valence-electron chi connectivity index (χ4n) is 3.90. The summed E-state index contributed by atoms with van der Waals surface area (Å²) >= 11 is 0. The highest BCUT2D eigenvalue weighted by atomic mass is 16.5. The number of carbonyl (C=O) groups excluding carboxylic acids is 1. The zero-order chi connectivity index (χ0) is 16.2. The molecule has 0 bridgehead atoms. The van der Waals surface area contributed by atoms with Gasteiger partial charge in [-0.25, -0.2) is 0 Å². The average Bonchev–Trinajstić information content (AvgIpc) is 2.82. The molecule has 3 rings (SSSR count). The SMILES string of the molecule is C=C(c1ccccc1C1CCCCCC1)C1CC(O)CC(=O)O1. The van der Waals surface area contributed by atoms with E-state index in [1.165, 1.54) is 44.1 Å². The van der Waals surface area contributed by atoms with Gasteiger partial charge in [0, 0.05) is 6.42 Å². The molecule has 124 valence electrons. The first-order valence-corrected chi connectivity index (χ1v) is 8.81. The number of aliphatic hydroxyl groups excluding tert-OH is 1. The van der Waals surface area contributed by atoms with Gasteiger partial charge in [-0.2, -0.15) is 0 Å². The predicted molar refractivity (Wildman–Crippen MR) is 91.0 cm³/mol. The van der Waals surface area contributed by atoms with Crippen LogP contribution in [0.4, 0.5) is 0 Å². The number of hydrogen-bond donors (Lipinski definition) is 1. The fraction of sp³-hybridized carbons (Fsp3) is 0.550. The van der Waals surface area contributed by atoms with E-state index >= 15 is 0 Å². The van der Waals surface area contributed by atoms with E-state index in [2.05, 4.69) is 24.8 Å². The maximum absolute atomic E-state index is 11.6. The Morgan fingerprint density at radius 2 is 1.83 bits per heavy atom. The van der Waals surface area contributed by atoms with Crippen LogP contribution in [0, 0.1) is 0 Å². The smallest absolute Gasteiger partial charge is 0.309 e. The molecule has 0 amide bonds. The summed E-state index contributed by atoms with van der Waals surface area (Å²) in [6, 6.07) is 8.37. The Balaban J connectivity index is 1.84. The van der Waals surface area contributed by atoms with Crippen LogP contribution in [0.1, 0.15) is 68.4 Å². The van der Waals surface area contributed by atoms with Crippen LogP contribution in [0.2, 0.25) is 0 Å². The van der Waals surface area contributed by atoms with Crippen LogP contribution in [0.25, 0.3) is 5.57 Å². The quantitative estimate of drug-likeness (QED) is 0.671. The third-order valence-corrected chi connectivity index (χ3v) is 5.15. The van der Waals surface area contributed by atoms with E-state index in [9.17, 15) is 9.90 Å². The molecule has 2 fully saturated rings. The number of benzene rings is 1. The first kappa shape index (κ1) is 16.3. The third kappa shape index (κ3) is 3.84. The number of ether oxygens (including phenoxy) is 1. The molecule has 3 heteroatoms. The molecule has 0 aromatic heterocycles. The highest BCUT2D eigenvalue weighted by Crippen LogP contribution is 2.37. The molecule has 1 aromatic rings. The number of esters is 1. The van der Waals surface area contributed by atoms with Crippen LogP contribution in [0.15, 0.2) is 30.8 Å². The Hall–Kier alpha value is -1.61. The highest BCUT2D eigenvalue weighted by Gasteiger charge is 2.31. The lowest BCUT2D eigenvalue weighted by atomic mass is 9.84. The lowest BCUT2D eigenvalue weighted by Gasteiger charge is -2.29. The molecule has 2 atom stereocenters. The van der Waals surface area contributed by atoms with Crippen molar-refractivity contribution in [3.63, 3.8) is 0 Å². The van der Waals surface area contributed by atoms with E-state index in [0.29, 0.717) is 12.3 Å². The van der Waals surface area contributed by atoms with Crippen molar-refractivity contribution in [1.82, 2.24) is 0 Å². The van der Waals surface area contributed by atoms with Crippen molar-refractivity contribution >= 4 is 11.5 Å². The minimum absolute atomic E-state index is 0.0913. The summed E-state index contributed by atoms with van der Waals surface area (Å²) in [5.41, 5.74) is 3.26. The maximum Gasteiger partial charge on any atom is 0.309 e. The number of rotatable bonds is 3. The molecule has 1 N–H and O–H groups in total. The second kappa shape index (κ2) is 7.31. The standard InChI is InChI=1S/C20H26O3/c1-14(19-12-16(21)13-20(22)23-19)17-10-6-7-11-18(17)15-8-4-2-3-5-9-15/h6-7,10-11,15-16,19,21H,1-5,8-9,12-13H2. The minimum atomic E-state index is -0.622. The number of cyclic esters (lactones) is 1. The molecule has 1 heterocycles. The van der Waals surface area contributed by atoms with Gasteiger partial charge in [0.1, 0.15) is 6.10 Å². The zero-order valence-electron chi connectivity index (χ0n) is 13.7. The molecule has 0 spiro atoms. The second-order valence-corrected chi connectivity index (χ2v) is 6.87. The van der Waals surface area contributed by atoms with Crippen LogP contribution < -0.4 is 0 Å². The fourth-order valence-corrected chi connectivity index (χ4v) is 3.90. The van der Waals surface area contributed by atoms with Crippen LogP contribution in [0.5, 0.6) is 0 Å². The van der Waals surface area contributed by atoms with Gasteiger partial charge in [0.15, 0.2) is 0 Å². The summed E-state index contributed by atoms with van der Waals surface area (Å²) in [5.74, 6) is 0.233. The molecule has 2 aliphatic rings. The largest absolute Gasteiger partial charge is 0.457 e. The van der Waals surface area contributed by atoms with Crippen molar-refractivity contribution < 1.29 is 14.6 Å². The van der Waals surface area contributed by atoms with Crippen molar-refractivity contribution in [2.45, 2.75) is 69.5 Å². The predicted octanol–water partition coefficient (Wildman–Crippen LogP) is 4.20.